The molecular formula is C14H14N4O2S. The number of ether oxygens (including phenoxy) is 1. The van der Waals surface area contributed by atoms with Crippen molar-refractivity contribution >= 4 is 11.3 Å². The number of thiazole rings is 1. The molecule has 0 aliphatic heterocycles. The van der Waals surface area contributed by atoms with E-state index in [0.717, 1.165) is 10.6 Å². The largest absolute Gasteiger partial charge is 0.496 e. The van der Waals surface area contributed by atoms with Gasteiger partial charge in [0, 0.05) is 5.38 Å². The Morgan fingerprint density at radius 3 is 2.81 bits per heavy atom. The van der Waals surface area contributed by atoms with Gasteiger partial charge in [0.25, 0.3) is 5.89 Å². The predicted molar refractivity (Wildman–Crippen MR) is 80.0 cm³/mol. The number of benzene rings is 1. The Labute approximate surface area is 125 Å². The van der Waals surface area contributed by atoms with Crippen LogP contribution in [0.2, 0.25) is 0 Å². The fraction of sp³-hybridized carbons (Fsp3) is 0.214. The molecule has 21 heavy (non-hydrogen) atoms. The highest BCUT2D eigenvalue weighted by Crippen LogP contribution is 2.30. The van der Waals surface area contributed by atoms with E-state index in [4.69, 9.17) is 15.0 Å². The molecule has 0 spiro atoms. The quantitative estimate of drug-likeness (QED) is 0.797. The highest BCUT2D eigenvalue weighted by molar-refractivity contribution is 7.10. The molecule has 0 amide bonds. The van der Waals surface area contributed by atoms with Crippen molar-refractivity contribution in [1.82, 2.24) is 15.1 Å². The summed E-state index contributed by atoms with van der Waals surface area (Å²) in [5.41, 5.74) is 7.22. The molecule has 0 bridgehead atoms. The molecule has 0 fully saturated rings. The van der Waals surface area contributed by atoms with Gasteiger partial charge in [0.05, 0.1) is 18.7 Å². The summed E-state index contributed by atoms with van der Waals surface area (Å²) in [6.07, 6.45) is 0. The average molecular weight is 302 g/mol. The van der Waals surface area contributed by atoms with Crippen molar-refractivity contribution in [3.8, 4) is 28.7 Å². The summed E-state index contributed by atoms with van der Waals surface area (Å²) in [5.74, 6) is 1.54. The SMILES string of the molecule is COc1ccccc1-c1noc(-c2csc(C(C)N)n2)n1. The Morgan fingerprint density at radius 2 is 2.10 bits per heavy atom. The summed E-state index contributed by atoms with van der Waals surface area (Å²) in [5, 5.41) is 6.69. The van der Waals surface area contributed by atoms with Crippen LogP contribution in [-0.2, 0) is 0 Å². The second-order valence-electron chi connectivity index (χ2n) is 4.48. The second-order valence-corrected chi connectivity index (χ2v) is 5.37. The third-order valence-electron chi connectivity index (χ3n) is 2.90. The molecule has 0 radical (unpaired) electrons. The molecule has 1 aromatic carbocycles. The molecule has 2 aromatic heterocycles. The van der Waals surface area contributed by atoms with Crippen LogP contribution in [0.3, 0.4) is 0 Å². The van der Waals surface area contributed by atoms with Crippen LogP contribution in [0, 0.1) is 0 Å². The normalized spacial score (nSPS) is 12.3. The Bertz CT molecular complexity index is 751. The van der Waals surface area contributed by atoms with Crippen LogP contribution in [0.25, 0.3) is 23.0 Å². The van der Waals surface area contributed by atoms with Gasteiger partial charge < -0.3 is 15.0 Å². The molecule has 0 saturated carbocycles. The third-order valence-corrected chi connectivity index (χ3v) is 3.95. The van der Waals surface area contributed by atoms with Crippen molar-refractivity contribution in [3.63, 3.8) is 0 Å². The maximum atomic E-state index is 5.80. The second kappa shape index (κ2) is 5.63. The van der Waals surface area contributed by atoms with Gasteiger partial charge in [0.2, 0.25) is 5.82 Å². The predicted octanol–water partition coefficient (Wildman–Crippen LogP) is 2.89. The fourth-order valence-electron chi connectivity index (χ4n) is 1.86. The van der Waals surface area contributed by atoms with E-state index in [-0.39, 0.29) is 6.04 Å². The van der Waals surface area contributed by atoms with Crippen LogP contribution < -0.4 is 10.5 Å². The van der Waals surface area contributed by atoms with E-state index < -0.39 is 0 Å². The van der Waals surface area contributed by atoms with Crippen molar-refractivity contribution in [2.24, 2.45) is 5.73 Å². The summed E-state index contributed by atoms with van der Waals surface area (Å²) in [7, 11) is 1.61. The van der Waals surface area contributed by atoms with Gasteiger partial charge in [-0.1, -0.05) is 17.3 Å². The monoisotopic (exact) mass is 302 g/mol. The lowest BCUT2D eigenvalue weighted by Gasteiger charge is -2.02. The van der Waals surface area contributed by atoms with E-state index in [1.54, 1.807) is 7.11 Å². The molecular weight excluding hydrogens is 288 g/mol. The van der Waals surface area contributed by atoms with Crippen LogP contribution in [0.15, 0.2) is 34.2 Å². The molecule has 0 saturated heterocycles. The number of para-hydroxylation sites is 1. The van der Waals surface area contributed by atoms with Crippen molar-refractivity contribution in [3.05, 3.63) is 34.7 Å². The van der Waals surface area contributed by atoms with Crippen LogP contribution in [-0.4, -0.2) is 22.2 Å². The Hall–Kier alpha value is -2.25. The highest BCUT2D eigenvalue weighted by Gasteiger charge is 2.16. The summed E-state index contributed by atoms with van der Waals surface area (Å²) in [4.78, 5) is 8.77. The molecule has 0 aliphatic rings. The van der Waals surface area contributed by atoms with Gasteiger partial charge in [-0.15, -0.1) is 11.3 Å². The van der Waals surface area contributed by atoms with Gasteiger partial charge >= 0.3 is 0 Å². The number of hydrogen-bond donors (Lipinski definition) is 1. The van der Waals surface area contributed by atoms with Crippen molar-refractivity contribution in [1.29, 1.82) is 0 Å². The van der Waals surface area contributed by atoms with Gasteiger partial charge in [-0.05, 0) is 19.1 Å². The average Bonchev–Trinajstić information content (AvgIpc) is 3.16. The molecule has 2 N–H and O–H groups in total. The summed E-state index contributed by atoms with van der Waals surface area (Å²) in [6.45, 7) is 1.89. The number of rotatable bonds is 4. The molecule has 1 atom stereocenters. The van der Waals surface area contributed by atoms with Crippen LogP contribution in [0.1, 0.15) is 18.0 Å². The van der Waals surface area contributed by atoms with Crippen molar-refractivity contribution in [2.75, 3.05) is 7.11 Å². The molecule has 2 heterocycles. The molecule has 3 aromatic rings. The maximum absolute atomic E-state index is 5.80. The smallest absolute Gasteiger partial charge is 0.277 e. The Balaban J connectivity index is 1.96. The number of nitrogens with zero attached hydrogens (tertiary/aromatic N) is 3. The first-order valence-corrected chi connectivity index (χ1v) is 7.25. The third kappa shape index (κ3) is 2.65. The van der Waals surface area contributed by atoms with E-state index in [1.165, 1.54) is 11.3 Å². The molecule has 6 nitrogen and oxygen atoms in total. The lowest BCUT2D eigenvalue weighted by Crippen LogP contribution is -2.03. The Morgan fingerprint density at radius 1 is 1.29 bits per heavy atom. The van der Waals surface area contributed by atoms with Gasteiger partial charge in [-0.2, -0.15) is 4.98 Å². The minimum absolute atomic E-state index is 0.111. The number of aromatic nitrogens is 3. The number of methoxy groups -OCH3 is 1. The van der Waals surface area contributed by atoms with Gasteiger partial charge in [-0.3, -0.25) is 0 Å². The van der Waals surface area contributed by atoms with Crippen LogP contribution in [0.4, 0.5) is 0 Å². The Kier molecular flexibility index (Phi) is 3.68. The summed E-state index contributed by atoms with van der Waals surface area (Å²) in [6, 6.07) is 7.40. The highest BCUT2D eigenvalue weighted by atomic mass is 32.1. The first kappa shape index (κ1) is 13.7. The minimum Gasteiger partial charge on any atom is -0.496 e. The zero-order valence-corrected chi connectivity index (χ0v) is 12.4. The van der Waals surface area contributed by atoms with Crippen molar-refractivity contribution in [2.45, 2.75) is 13.0 Å². The minimum atomic E-state index is -0.111. The lowest BCUT2D eigenvalue weighted by atomic mass is 10.2. The van der Waals surface area contributed by atoms with Crippen LogP contribution >= 0.6 is 11.3 Å². The lowest BCUT2D eigenvalue weighted by molar-refractivity contribution is 0.413. The topological polar surface area (TPSA) is 87.1 Å². The summed E-state index contributed by atoms with van der Waals surface area (Å²) < 4.78 is 10.6. The fourth-order valence-corrected chi connectivity index (χ4v) is 2.61. The van der Waals surface area contributed by atoms with E-state index in [0.29, 0.717) is 23.2 Å². The van der Waals surface area contributed by atoms with Gasteiger partial charge in [0.1, 0.15) is 16.5 Å². The zero-order valence-electron chi connectivity index (χ0n) is 11.6. The molecule has 0 aliphatic carbocycles. The molecule has 3 rings (SSSR count). The van der Waals surface area contributed by atoms with E-state index >= 15 is 0 Å². The van der Waals surface area contributed by atoms with E-state index in [9.17, 15) is 0 Å². The van der Waals surface area contributed by atoms with E-state index in [2.05, 4.69) is 15.1 Å². The first-order chi connectivity index (χ1) is 10.2. The number of hydrogen-bond acceptors (Lipinski definition) is 7. The summed E-state index contributed by atoms with van der Waals surface area (Å²) >= 11 is 1.48. The van der Waals surface area contributed by atoms with Gasteiger partial charge in [-0.25, -0.2) is 4.98 Å². The van der Waals surface area contributed by atoms with Crippen molar-refractivity contribution < 1.29 is 9.26 Å². The first-order valence-electron chi connectivity index (χ1n) is 6.37. The van der Waals surface area contributed by atoms with Crippen LogP contribution in [0.5, 0.6) is 5.75 Å². The number of nitrogens with two attached hydrogens (primary N) is 1. The standard InChI is InChI=1S/C14H14N4O2S/c1-8(15)14-16-10(7-21-14)13-17-12(18-20-13)9-5-3-4-6-11(9)19-2/h3-8H,15H2,1-2H3. The zero-order chi connectivity index (χ0) is 14.8. The van der Waals surface area contributed by atoms with Gasteiger partial charge in [0.15, 0.2) is 0 Å². The molecule has 7 heteroatoms. The van der Waals surface area contributed by atoms with E-state index in [1.807, 2.05) is 36.6 Å². The maximum Gasteiger partial charge on any atom is 0.277 e. The molecule has 1 unspecified atom stereocenters. The molecule has 108 valence electrons.